The van der Waals surface area contributed by atoms with Crippen LogP contribution in [0.1, 0.15) is 29.4 Å². The van der Waals surface area contributed by atoms with Gasteiger partial charge in [-0.15, -0.1) is 0 Å². The summed E-state index contributed by atoms with van der Waals surface area (Å²) >= 11 is 12.3. The molecule has 0 radical (unpaired) electrons. The van der Waals surface area contributed by atoms with Gasteiger partial charge in [-0.1, -0.05) is 53.5 Å². The molecule has 2 aromatic rings. The van der Waals surface area contributed by atoms with Crippen molar-refractivity contribution in [2.45, 2.75) is 18.3 Å². The Hall–Kier alpha value is -1.09. The fourth-order valence-corrected chi connectivity index (χ4v) is 3.60. The van der Waals surface area contributed by atoms with Crippen molar-refractivity contribution in [3.05, 3.63) is 69.5 Å². The molecule has 3 rings (SSSR count). The quantitative estimate of drug-likeness (QED) is 0.820. The summed E-state index contributed by atoms with van der Waals surface area (Å²) in [5.41, 5.74) is 1.75. The molecule has 0 spiro atoms. The lowest BCUT2D eigenvalue weighted by molar-refractivity contribution is 0.393. The molecule has 1 N–H and O–H groups in total. The van der Waals surface area contributed by atoms with E-state index in [9.17, 15) is 4.39 Å². The second kappa shape index (κ2) is 6.35. The summed E-state index contributed by atoms with van der Waals surface area (Å²) in [4.78, 5) is 0. The van der Waals surface area contributed by atoms with Gasteiger partial charge >= 0.3 is 0 Å². The van der Waals surface area contributed by atoms with Crippen molar-refractivity contribution < 1.29 is 4.39 Å². The molecule has 4 heteroatoms. The predicted octanol–water partition coefficient (Wildman–Crippen LogP) is 4.99. The average molecular weight is 324 g/mol. The zero-order valence-corrected chi connectivity index (χ0v) is 13.0. The topological polar surface area (TPSA) is 12.0 Å². The highest BCUT2D eigenvalue weighted by atomic mass is 35.5. The molecule has 2 aromatic carbocycles. The van der Waals surface area contributed by atoms with Crippen molar-refractivity contribution in [1.82, 2.24) is 5.32 Å². The van der Waals surface area contributed by atoms with E-state index < -0.39 is 0 Å². The summed E-state index contributed by atoms with van der Waals surface area (Å²) in [5, 5.41) is 4.30. The van der Waals surface area contributed by atoms with E-state index in [-0.39, 0.29) is 22.7 Å². The van der Waals surface area contributed by atoms with Crippen LogP contribution < -0.4 is 5.32 Å². The second-order valence-corrected chi connectivity index (χ2v) is 6.18. The highest BCUT2D eigenvalue weighted by Crippen LogP contribution is 2.41. The summed E-state index contributed by atoms with van der Waals surface area (Å²) in [6.07, 6.45) is 0.868. The summed E-state index contributed by atoms with van der Waals surface area (Å²) in [6.45, 7) is 1.66. The summed E-state index contributed by atoms with van der Waals surface area (Å²) < 4.78 is 14.4. The zero-order valence-electron chi connectivity index (χ0n) is 11.5. The average Bonchev–Trinajstić information content (AvgIpc) is 2.51. The van der Waals surface area contributed by atoms with Gasteiger partial charge in [-0.05, 0) is 42.1 Å². The third-order valence-electron chi connectivity index (χ3n) is 4.17. The number of hydrogen-bond acceptors (Lipinski definition) is 1. The van der Waals surface area contributed by atoms with Gasteiger partial charge in [-0.3, -0.25) is 0 Å². The van der Waals surface area contributed by atoms with Gasteiger partial charge in [0.05, 0.1) is 5.02 Å². The molecule has 0 aliphatic carbocycles. The van der Waals surface area contributed by atoms with Crippen LogP contribution in [0.5, 0.6) is 0 Å². The van der Waals surface area contributed by atoms with E-state index in [1.807, 2.05) is 36.4 Å². The SMILES string of the molecule is Fc1c(Cl)cccc1C1CCNCC1c1ccccc1Cl. The second-order valence-electron chi connectivity index (χ2n) is 5.37. The molecule has 1 aliphatic rings. The molecule has 0 amide bonds. The van der Waals surface area contributed by atoms with Crippen LogP contribution >= 0.6 is 23.2 Å². The highest BCUT2D eigenvalue weighted by Gasteiger charge is 2.31. The first-order valence-electron chi connectivity index (χ1n) is 7.07. The maximum Gasteiger partial charge on any atom is 0.145 e. The molecule has 2 atom stereocenters. The number of piperidine rings is 1. The van der Waals surface area contributed by atoms with Crippen LogP contribution in [0.2, 0.25) is 10.0 Å². The van der Waals surface area contributed by atoms with Crippen LogP contribution in [0, 0.1) is 5.82 Å². The standard InChI is InChI=1S/C17H16Cl2FN/c18-15-6-2-1-4-12(15)14-10-21-9-8-11(14)13-5-3-7-16(19)17(13)20/h1-7,11,14,21H,8-10H2. The van der Waals surface area contributed by atoms with Crippen LogP contribution in [-0.4, -0.2) is 13.1 Å². The third-order valence-corrected chi connectivity index (χ3v) is 4.80. The van der Waals surface area contributed by atoms with Crippen LogP contribution in [0.25, 0.3) is 0 Å². The van der Waals surface area contributed by atoms with Crippen molar-refractivity contribution in [3.8, 4) is 0 Å². The normalized spacial score (nSPS) is 22.2. The molecule has 0 saturated carbocycles. The lowest BCUT2D eigenvalue weighted by Gasteiger charge is -2.33. The van der Waals surface area contributed by atoms with Crippen LogP contribution in [-0.2, 0) is 0 Å². The Bertz CT molecular complexity index is 644. The van der Waals surface area contributed by atoms with E-state index in [1.54, 1.807) is 6.07 Å². The fourth-order valence-electron chi connectivity index (χ4n) is 3.14. The molecule has 21 heavy (non-hydrogen) atoms. The maximum absolute atomic E-state index is 14.4. The molecular weight excluding hydrogens is 308 g/mol. The smallest absolute Gasteiger partial charge is 0.145 e. The first-order chi connectivity index (χ1) is 10.2. The van der Waals surface area contributed by atoms with Crippen molar-refractivity contribution >= 4 is 23.2 Å². The first kappa shape index (κ1) is 14.8. The number of rotatable bonds is 2. The van der Waals surface area contributed by atoms with Gasteiger partial charge in [0, 0.05) is 17.5 Å². The Morgan fingerprint density at radius 1 is 0.905 bits per heavy atom. The fraction of sp³-hybridized carbons (Fsp3) is 0.294. The minimum atomic E-state index is -0.303. The van der Waals surface area contributed by atoms with Crippen molar-refractivity contribution in [1.29, 1.82) is 0 Å². The molecule has 0 aromatic heterocycles. The van der Waals surface area contributed by atoms with Crippen molar-refractivity contribution in [2.75, 3.05) is 13.1 Å². The van der Waals surface area contributed by atoms with E-state index in [0.29, 0.717) is 5.56 Å². The predicted molar refractivity (Wildman–Crippen MR) is 85.8 cm³/mol. The molecule has 0 bridgehead atoms. The van der Waals surface area contributed by atoms with Gasteiger partial charge < -0.3 is 5.32 Å². The molecular formula is C17H16Cl2FN. The highest BCUT2D eigenvalue weighted by molar-refractivity contribution is 6.31. The maximum atomic E-state index is 14.4. The molecule has 110 valence electrons. The minimum Gasteiger partial charge on any atom is -0.316 e. The van der Waals surface area contributed by atoms with E-state index in [1.165, 1.54) is 0 Å². The van der Waals surface area contributed by atoms with Gasteiger partial charge in [-0.2, -0.15) is 0 Å². The number of nitrogens with one attached hydrogen (secondary N) is 1. The van der Waals surface area contributed by atoms with E-state index >= 15 is 0 Å². The van der Waals surface area contributed by atoms with Gasteiger partial charge in [0.1, 0.15) is 5.82 Å². The van der Waals surface area contributed by atoms with Gasteiger partial charge in [-0.25, -0.2) is 4.39 Å². The zero-order chi connectivity index (χ0) is 14.8. The van der Waals surface area contributed by atoms with Crippen LogP contribution in [0.4, 0.5) is 4.39 Å². The third kappa shape index (κ3) is 2.94. The number of benzene rings is 2. The Labute approximate surface area is 134 Å². The Balaban J connectivity index is 2.03. The molecule has 1 fully saturated rings. The first-order valence-corrected chi connectivity index (χ1v) is 7.83. The lowest BCUT2D eigenvalue weighted by atomic mass is 9.77. The van der Waals surface area contributed by atoms with Crippen molar-refractivity contribution in [3.63, 3.8) is 0 Å². The van der Waals surface area contributed by atoms with Gasteiger partial charge in [0.25, 0.3) is 0 Å². The van der Waals surface area contributed by atoms with Crippen molar-refractivity contribution in [2.24, 2.45) is 0 Å². The number of halogens is 3. The Morgan fingerprint density at radius 2 is 1.62 bits per heavy atom. The minimum absolute atomic E-state index is 0.0878. The van der Waals surface area contributed by atoms with Gasteiger partial charge in [0.15, 0.2) is 0 Å². The molecule has 1 saturated heterocycles. The molecule has 1 nitrogen and oxygen atoms in total. The van der Waals surface area contributed by atoms with E-state index in [4.69, 9.17) is 23.2 Å². The lowest BCUT2D eigenvalue weighted by Crippen LogP contribution is -2.34. The van der Waals surface area contributed by atoms with E-state index in [0.717, 1.165) is 30.1 Å². The Morgan fingerprint density at radius 3 is 2.43 bits per heavy atom. The molecule has 1 aliphatic heterocycles. The monoisotopic (exact) mass is 323 g/mol. The van der Waals surface area contributed by atoms with Crippen LogP contribution in [0.3, 0.4) is 0 Å². The summed E-state index contributed by atoms with van der Waals surface area (Å²) in [6, 6.07) is 13.0. The molecule has 2 unspecified atom stereocenters. The van der Waals surface area contributed by atoms with Gasteiger partial charge in [0.2, 0.25) is 0 Å². The summed E-state index contributed by atoms with van der Waals surface area (Å²) in [7, 11) is 0. The molecule has 1 heterocycles. The largest absolute Gasteiger partial charge is 0.316 e. The summed E-state index contributed by atoms with van der Waals surface area (Å²) in [5.74, 6) is -0.0617. The van der Waals surface area contributed by atoms with Crippen LogP contribution in [0.15, 0.2) is 42.5 Å². The Kier molecular flexibility index (Phi) is 4.48. The van der Waals surface area contributed by atoms with E-state index in [2.05, 4.69) is 5.32 Å². The number of hydrogen-bond donors (Lipinski definition) is 1.